The monoisotopic (exact) mass is 205 g/mol. The highest BCUT2D eigenvalue weighted by Gasteiger charge is 2.26. The van der Waals surface area contributed by atoms with Crippen LogP contribution in [0.15, 0.2) is 24.4 Å². The zero-order valence-corrected chi connectivity index (χ0v) is 9.26. The van der Waals surface area contributed by atoms with Gasteiger partial charge in [0.25, 0.3) is 0 Å². The minimum absolute atomic E-state index is 0.362. The Morgan fingerprint density at radius 3 is 2.60 bits per heavy atom. The van der Waals surface area contributed by atoms with Gasteiger partial charge in [-0.05, 0) is 36.8 Å². The van der Waals surface area contributed by atoms with Crippen molar-refractivity contribution in [1.82, 2.24) is 4.98 Å². The zero-order chi connectivity index (χ0) is 10.7. The van der Waals surface area contributed by atoms with Gasteiger partial charge in [-0.1, -0.05) is 25.8 Å². The summed E-state index contributed by atoms with van der Waals surface area (Å²) >= 11 is 0. The van der Waals surface area contributed by atoms with Crippen LogP contribution in [-0.4, -0.2) is 10.1 Å². The lowest BCUT2D eigenvalue weighted by atomic mass is 9.79. The number of pyridine rings is 1. The minimum atomic E-state index is -0.362. The normalized spacial score (nSPS) is 28.7. The molecule has 1 aromatic rings. The third-order valence-electron chi connectivity index (χ3n) is 3.50. The van der Waals surface area contributed by atoms with Crippen molar-refractivity contribution < 1.29 is 5.11 Å². The molecule has 1 unspecified atom stereocenters. The van der Waals surface area contributed by atoms with E-state index in [1.54, 1.807) is 6.20 Å². The lowest BCUT2D eigenvalue weighted by Gasteiger charge is -2.29. The molecule has 1 aromatic heterocycles. The van der Waals surface area contributed by atoms with Crippen LogP contribution < -0.4 is 0 Å². The van der Waals surface area contributed by atoms with E-state index in [0.717, 1.165) is 24.5 Å². The van der Waals surface area contributed by atoms with Crippen LogP contribution >= 0.6 is 0 Å². The van der Waals surface area contributed by atoms with Crippen LogP contribution in [0.3, 0.4) is 0 Å². The standard InChI is InChI=1S/C13H19NO/c1-10-5-7-11(8-6-10)13(15)12-4-2-3-9-14-12/h2-4,9-11,13,15H,5-8H2,1H3. The molecule has 0 amide bonds. The number of nitrogens with zero attached hydrogens (tertiary/aromatic N) is 1. The lowest BCUT2D eigenvalue weighted by Crippen LogP contribution is -2.19. The molecule has 82 valence electrons. The summed E-state index contributed by atoms with van der Waals surface area (Å²) in [7, 11) is 0. The van der Waals surface area contributed by atoms with Gasteiger partial charge in [-0.15, -0.1) is 0 Å². The second-order valence-electron chi connectivity index (χ2n) is 4.72. The van der Waals surface area contributed by atoms with Crippen molar-refractivity contribution in [2.45, 2.75) is 38.7 Å². The summed E-state index contributed by atoms with van der Waals surface area (Å²) in [6.07, 6.45) is 6.16. The van der Waals surface area contributed by atoms with Gasteiger partial charge < -0.3 is 5.11 Å². The van der Waals surface area contributed by atoms with Gasteiger partial charge in [0.2, 0.25) is 0 Å². The quantitative estimate of drug-likeness (QED) is 0.805. The third kappa shape index (κ3) is 2.57. The highest BCUT2D eigenvalue weighted by molar-refractivity contribution is 5.07. The molecule has 2 rings (SSSR count). The first-order valence-corrected chi connectivity index (χ1v) is 5.86. The van der Waals surface area contributed by atoms with Gasteiger partial charge in [0.05, 0.1) is 11.8 Å². The van der Waals surface area contributed by atoms with Gasteiger partial charge in [-0.25, -0.2) is 0 Å². The van der Waals surface area contributed by atoms with E-state index < -0.39 is 0 Å². The zero-order valence-electron chi connectivity index (χ0n) is 9.26. The van der Waals surface area contributed by atoms with E-state index in [-0.39, 0.29) is 6.10 Å². The predicted octanol–water partition coefficient (Wildman–Crippen LogP) is 2.94. The van der Waals surface area contributed by atoms with Crippen molar-refractivity contribution in [3.63, 3.8) is 0 Å². The third-order valence-corrected chi connectivity index (χ3v) is 3.50. The molecule has 1 fully saturated rings. The van der Waals surface area contributed by atoms with Crippen LogP contribution in [0.25, 0.3) is 0 Å². The molecule has 1 atom stereocenters. The summed E-state index contributed by atoms with van der Waals surface area (Å²) in [6.45, 7) is 2.30. The summed E-state index contributed by atoms with van der Waals surface area (Å²) < 4.78 is 0. The van der Waals surface area contributed by atoms with Gasteiger partial charge in [0.15, 0.2) is 0 Å². The van der Waals surface area contributed by atoms with Crippen LogP contribution in [0, 0.1) is 11.8 Å². The van der Waals surface area contributed by atoms with Crippen LogP contribution in [-0.2, 0) is 0 Å². The minimum Gasteiger partial charge on any atom is -0.387 e. The largest absolute Gasteiger partial charge is 0.387 e. The fourth-order valence-electron chi connectivity index (χ4n) is 2.39. The average molecular weight is 205 g/mol. The topological polar surface area (TPSA) is 33.1 Å². The first-order valence-electron chi connectivity index (χ1n) is 5.86. The Labute approximate surface area is 91.4 Å². The maximum Gasteiger partial charge on any atom is 0.0987 e. The molecule has 1 N–H and O–H groups in total. The second kappa shape index (κ2) is 4.75. The van der Waals surface area contributed by atoms with E-state index in [4.69, 9.17) is 0 Å². The van der Waals surface area contributed by atoms with Crippen molar-refractivity contribution >= 4 is 0 Å². The molecule has 1 saturated carbocycles. The fraction of sp³-hybridized carbons (Fsp3) is 0.615. The first kappa shape index (κ1) is 10.6. The van der Waals surface area contributed by atoms with Crippen molar-refractivity contribution in [3.8, 4) is 0 Å². The van der Waals surface area contributed by atoms with E-state index in [2.05, 4.69) is 11.9 Å². The molecule has 2 nitrogen and oxygen atoms in total. The summed E-state index contributed by atoms with van der Waals surface area (Å²) in [5.74, 6) is 1.24. The smallest absolute Gasteiger partial charge is 0.0987 e. The van der Waals surface area contributed by atoms with Gasteiger partial charge in [0.1, 0.15) is 0 Å². The molecule has 1 heterocycles. The Balaban J connectivity index is 1.99. The van der Waals surface area contributed by atoms with E-state index in [1.807, 2.05) is 18.2 Å². The number of aliphatic hydroxyl groups is 1. The number of hydrogen-bond donors (Lipinski definition) is 1. The highest BCUT2D eigenvalue weighted by atomic mass is 16.3. The number of rotatable bonds is 2. The van der Waals surface area contributed by atoms with Gasteiger partial charge in [-0.2, -0.15) is 0 Å². The summed E-state index contributed by atoms with van der Waals surface area (Å²) in [5.41, 5.74) is 0.831. The van der Waals surface area contributed by atoms with Crippen LogP contribution in [0.5, 0.6) is 0 Å². The average Bonchev–Trinajstić information content (AvgIpc) is 2.30. The molecular weight excluding hydrogens is 186 g/mol. The van der Waals surface area contributed by atoms with E-state index in [9.17, 15) is 5.11 Å². The fourth-order valence-corrected chi connectivity index (χ4v) is 2.39. The molecule has 15 heavy (non-hydrogen) atoms. The molecule has 0 bridgehead atoms. The maximum absolute atomic E-state index is 10.2. The predicted molar refractivity (Wildman–Crippen MR) is 60.3 cm³/mol. The second-order valence-corrected chi connectivity index (χ2v) is 4.72. The molecular formula is C13H19NO. The summed E-state index contributed by atoms with van der Waals surface area (Å²) in [4.78, 5) is 4.22. The number of aliphatic hydroxyl groups excluding tert-OH is 1. The Hall–Kier alpha value is -0.890. The molecule has 2 heteroatoms. The Bertz CT molecular complexity index is 291. The van der Waals surface area contributed by atoms with E-state index in [0.29, 0.717) is 5.92 Å². The van der Waals surface area contributed by atoms with Gasteiger partial charge in [-0.3, -0.25) is 4.98 Å². The molecule has 0 aromatic carbocycles. The molecule has 0 saturated heterocycles. The highest BCUT2D eigenvalue weighted by Crippen LogP contribution is 2.35. The van der Waals surface area contributed by atoms with Gasteiger partial charge in [0, 0.05) is 6.20 Å². The number of aromatic nitrogens is 1. The molecule has 1 aliphatic rings. The van der Waals surface area contributed by atoms with Crippen molar-refractivity contribution in [1.29, 1.82) is 0 Å². The lowest BCUT2D eigenvalue weighted by molar-refractivity contribution is 0.0721. The van der Waals surface area contributed by atoms with Crippen molar-refractivity contribution in [3.05, 3.63) is 30.1 Å². The van der Waals surface area contributed by atoms with Crippen LogP contribution in [0.1, 0.15) is 44.4 Å². The summed E-state index contributed by atoms with van der Waals surface area (Å²) in [5, 5.41) is 10.2. The van der Waals surface area contributed by atoms with Gasteiger partial charge >= 0.3 is 0 Å². The molecule has 0 spiro atoms. The van der Waals surface area contributed by atoms with E-state index in [1.165, 1.54) is 12.8 Å². The first-order chi connectivity index (χ1) is 7.27. The Morgan fingerprint density at radius 2 is 2.00 bits per heavy atom. The maximum atomic E-state index is 10.2. The summed E-state index contributed by atoms with van der Waals surface area (Å²) in [6, 6.07) is 5.75. The molecule has 0 radical (unpaired) electrons. The van der Waals surface area contributed by atoms with Crippen LogP contribution in [0.4, 0.5) is 0 Å². The molecule has 1 aliphatic carbocycles. The number of hydrogen-bond acceptors (Lipinski definition) is 2. The SMILES string of the molecule is CC1CCC(C(O)c2ccccn2)CC1. The van der Waals surface area contributed by atoms with Crippen LogP contribution in [0.2, 0.25) is 0 Å². The van der Waals surface area contributed by atoms with Crippen molar-refractivity contribution in [2.75, 3.05) is 0 Å². The Morgan fingerprint density at radius 1 is 1.27 bits per heavy atom. The van der Waals surface area contributed by atoms with E-state index >= 15 is 0 Å². The van der Waals surface area contributed by atoms with Crippen molar-refractivity contribution in [2.24, 2.45) is 11.8 Å². The molecule has 0 aliphatic heterocycles. The Kier molecular flexibility index (Phi) is 3.37.